The quantitative estimate of drug-likeness (QED) is 0.763. The lowest BCUT2D eigenvalue weighted by Gasteiger charge is -2.08. The predicted molar refractivity (Wildman–Crippen MR) is 80.0 cm³/mol. The molecule has 0 radical (unpaired) electrons. The molecule has 3 heterocycles. The smallest absolute Gasteiger partial charge is 0.422 e. The fourth-order valence-corrected chi connectivity index (χ4v) is 2.61. The van der Waals surface area contributed by atoms with Gasteiger partial charge in [0.2, 0.25) is 5.88 Å². The maximum absolute atomic E-state index is 12.0. The van der Waals surface area contributed by atoms with Crippen molar-refractivity contribution < 1.29 is 22.7 Å². The van der Waals surface area contributed by atoms with Gasteiger partial charge in [-0.05, 0) is 6.07 Å². The van der Waals surface area contributed by atoms with Gasteiger partial charge in [0.25, 0.3) is 5.91 Å². The Morgan fingerprint density at radius 3 is 2.88 bits per heavy atom. The minimum Gasteiger partial charge on any atom is -0.468 e. The second-order valence-electron chi connectivity index (χ2n) is 4.80. The lowest BCUT2D eigenvalue weighted by Crippen LogP contribution is -2.23. The highest BCUT2D eigenvalue weighted by molar-refractivity contribution is 7.15. The van der Waals surface area contributed by atoms with Crippen molar-refractivity contribution in [1.82, 2.24) is 19.7 Å². The Morgan fingerprint density at radius 1 is 1.38 bits per heavy atom. The van der Waals surface area contributed by atoms with Gasteiger partial charge in [-0.25, -0.2) is 9.97 Å². The van der Waals surface area contributed by atoms with Crippen LogP contribution in [0.25, 0.3) is 4.96 Å². The molecule has 1 amide bonds. The Morgan fingerprint density at radius 2 is 2.21 bits per heavy atom. The van der Waals surface area contributed by atoms with Crippen LogP contribution < -0.4 is 10.1 Å². The van der Waals surface area contributed by atoms with Crippen LogP contribution in [0.15, 0.2) is 36.1 Å². The minimum atomic E-state index is -4.43. The average molecular weight is 356 g/mol. The summed E-state index contributed by atoms with van der Waals surface area (Å²) in [4.78, 5) is 20.8. The van der Waals surface area contributed by atoms with Crippen molar-refractivity contribution in [3.8, 4) is 5.88 Å². The van der Waals surface area contributed by atoms with Gasteiger partial charge in [0.15, 0.2) is 11.6 Å². The van der Waals surface area contributed by atoms with Crippen LogP contribution >= 0.6 is 11.3 Å². The molecule has 0 aliphatic heterocycles. The van der Waals surface area contributed by atoms with Gasteiger partial charge in [-0.15, -0.1) is 11.3 Å². The standard InChI is InChI=1S/C14H11F3N4O2S/c15-14(16,17)8-23-11-2-1-9(5-18-11)12(22)19-6-10-7-21-3-4-24-13(21)20-10/h1-5,7H,6,8H2,(H,19,22). The first-order valence-corrected chi connectivity index (χ1v) is 7.63. The second-order valence-corrected chi connectivity index (χ2v) is 5.67. The number of aromatic nitrogens is 3. The maximum Gasteiger partial charge on any atom is 0.422 e. The molecule has 24 heavy (non-hydrogen) atoms. The van der Waals surface area contributed by atoms with Crippen LogP contribution in [-0.4, -0.2) is 33.1 Å². The number of hydrogen-bond acceptors (Lipinski definition) is 5. The lowest BCUT2D eigenvalue weighted by atomic mass is 10.2. The Bertz CT molecular complexity index is 813. The molecule has 0 unspecified atom stereocenters. The molecular weight excluding hydrogens is 345 g/mol. The Balaban J connectivity index is 1.55. The number of pyridine rings is 1. The predicted octanol–water partition coefficient (Wildman–Crippen LogP) is 2.66. The molecule has 0 saturated heterocycles. The van der Waals surface area contributed by atoms with Crippen molar-refractivity contribution in [3.63, 3.8) is 0 Å². The number of halogens is 3. The van der Waals surface area contributed by atoms with E-state index in [9.17, 15) is 18.0 Å². The van der Waals surface area contributed by atoms with Crippen molar-refractivity contribution in [3.05, 3.63) is 47.4 Å². The van der Waals surface area contributed by atoms with Gasteiger partial charge < -0.3 is 10.1 Å². The first-order chi connectivity index (χ1) is 11.4. The summed E-state index contributed by atoms with van der Waals surface area (Å²) in [6.45, 7) is -1.19. The normalized spacial score (nSPS) is 11.6. The van der Waals surface area contributed by atoms with Crippen molar-refractivity contribution in [2.24, 2.45) is 0 Å². The van der Waals surface area contributed by atoms with Crippen molar-refractivity contribution in [1.29, 1.82) is 0 Å². The molecule has 0 aromatic carbocycles. The molecule has 3 aromatic rings. The highest BCUT2D eigenvalue weighted by atomic mass is 32.1. The van der Waals surface area contributed by atoms with Crippen LogP contribution in [0.2, 0.25) is 0 Å². The molecule has 0 atom stereocenters. The van der Waals surface area contributed by atoms with Gasteiger partial charge >= 0.3 is 6.18 Å². The van der Waals surface area contributed by atoms with Gasteiger partial charge in [0, 0.05) is 30.0 Å². The van der Waals surface area contributed by atoms with Gasteiger partial charge in [-0.1, -0.05) is 0 Å². The van der Waals surface area contributed by atoms with Gasteiger partial charge in [-0.3, -0.25) is 9.20 Å². The first-order valence-electron chi connectivity index (χ1n) is 6.75. The highest BCUT2D eigenvalue weighted by Gasteiger charge is 2.28. The van der Waals surface area contributed by atoms with E-state index in [1.54, 1.807) is 6.20 Å². The molecule has 0 fully saturated rings. The number of ether oxygens (including phenoxy) is 1. The molecular formula is C14H11F3N4O2S. The molecule has 0 aliphatic carbocycles. The number of imidazole rings is 1. The topological polar surface area (TPSA) is 68.5 Å². The summed E-state index contributed by atoms with van der Waals surface area (Å²) in [5.41, 5.74) is 0.920. The number of hydrogen-bond donors (Lipinski definition) is 1. The van der Waals surface area contributed by atoms with Gasteiger partial charge in [0.05, 0.1) is 17.8 Å². The van der Waals surface area contributed by atoms with Crippen LogP contribution in [-0.2, 0) is 6.54 Å². The SMILES string of the molecule is O=C(NCc1cn2ccsc2n1)c1ccc(OCC(F)(F)F)nc1. The minimum absolute atomic E-state index is 0.196. The molecule has 3 aromatic heterocycles. The molecule has 0 spiro atoms. The number of alkyl halides is 3. The summed E-state index contributed by atoms with van der Waals surface area (Å²) in [7, 11) is 0. The van der Waals surface area contributed by atoms with Crippen LogP contribution in [0.3, 0.4) is 0 Å². The van der Waals surface area contributed by atoms with Gasteiger partial charge in [0.1, 0.15) is 0 Å². The number of carbonyl (C=O) groups is 1. The Hall–Kier alpha value is -2.62. The summed E-state index contributed by atoms with van der Waals surface area (Å²) in [6.07, 6.45) is 0.392. The first kappa shape index (κ1) is 16.2. The largest absolute Gasteiger partial charge is 0.468 e. The number of fused-ring (bicyclic) bond motifs is 1. The third-order valence-electron chi connectivity index (χ3n) is 2.96. The van der Waals surface area contributed by atoms with E-state index < -0.39 is 18.7 Å². The van der Waals surface area contributed by atoms with Crippen molar-refractivity contribution in [2.75, 3.05) is 6.61 Å². The van der Waals surface area contributed by atoms with Crippen LogP contribution in [0.1, 0.15) is 16.1 Å². The van der Waals surface area contributed by atoms with Crippen molar-refractivity contribution >= 4 is 22.2 Å². The number of rotatable bonds is 5. The van der Waals surface area contributed by atoms with E-state index in [-0.39, 0.29) is 18.0 Å². The third-order valence-corrected chi connectivity index (χ3v) is 3.73. The summed E-state index contributed by atoms with van der Waals surface area (Å²) in [5.74, 6) is -0.598. The molecule has 10 heteroatoms. The maximum atomic E-state index is 12.0. The van der Waals surface area contributed by atoms with E-state index in [1.165, 1.54) is 23.5 Å². The van der Waals surface area contributed by atoms with E-state index in [2.05, 4.69) is 20.0 Å². The van der Waals surface area contributed by atoms with Crippen LogP contribution in [0, 0.1) is 0 Å². The third kappa shape index (κ3) is 4.02. The average Bonchev–Trinajstić information content (AvgIpc) is 3.11. The fourth-order valence-electron chi connectivity index (χ4n) is 1.89. The van der Waals surface area contributed by atoms with Crippen molar-refractivity contribution in [2.45, 2.75) is 12.7 Å². The van der Waals surface area contributed by atoms with E-state index in [0.717, 1.165) is 11.2 Å². The summed E-state index contributed by atoms with van der Waals surface area (Å²) in [6, 6.07) is 2.56. The molecule has 6 nitrogen and oxygen atoms in total. The van der Waals surface area contributed by atoms with Crippen LogP contribution in [0.5, 0.6) is 5.88 Å². The van der Waals surface area contributed by atoms with E-state index >= 15 is 0 Å². The zero-order valence-corrected chi connectivity index (χ0v) is 12.9. The number of thiazole rings is 1. The van der Waals surface area contributed by atoms with Gasteiger partial charge in [-0.2, -0.15) is 13.2 Å². The second kappa shape index (κ2) is 6.48. The molecule has 126 valence electrons. The summed E-state index contributed by atoms with van der Waals surface area (Å²) < 4.78 is 42.4. The number of nitrogens with zero attached hydrogens (tertiary/aromatic N) is 3. The van der Waals surface area contributed by atoms with E-state index in [4.69, 9.17) is 0 Å². The fraction of sp³-hybridized carbons (Fsp3) is 0.214. The highest BCUT2D eigenvalue weighted by Crippen LogP contribution is 2.17. The molecule has 0 saturated carbocycles. The molecule has 3 rings (SSSR count). The molecule has 0 bridgehead atoms. The number of carbonyl (C=O) groups excluding carboxylic acids is 1. The monoisotopic (exact) mass is 356 g/mol. The van der Waals surface area contributed by atoms with Crippen LogP contribution in [0.4, 0.5) is 13.2 Å². The summed E-state index contributed by atoms with van der Waals surface area (Å²) in [5, 5.41) is 4.57. The van der Waals surface area contributed by atoms with E-state index in [1.807, 2.05) is 16.0 Å². The Labute approximate surface area is 137 Å². The molecule has 1 N–H and O–H groups in total. The van der Waals surface area contributed by atoms with E-state index in [0.29, 0.717) is 5.69 Å². The molecule has 0 aliphatic rings. The number of amides is 1. The summed E-state index contributed by atoms with van der Waals surface area (Å²) >= 11 is 1.48. The zero-order chi connectivity index (χ0) is 17.2. The lowest BCUT2D eigenvalue weighted by molar-refractivity contribution is -0.154. The zero-order valence-electron chi connectivity index (χ0n) is 12.1. The Kier molecular flexibility index (Phi) is 4.38. The number of nitrogens with one attached hydrogen (secondary N) is 1.